The number of hydrogen-bond donors (Lipinski definition) is 2. The SMILES string of the molecule is CNC(=O)c1cccc(C)c1N1CC(S)CC1=O. The zero-order valence-electron chi connectivity index (χ0n) is 10.4. The first-order valence-corrected chi connectivity index (χ1v) is 6.36. The Morgan fingerprint density at radius 1 is 1.50 bits per heavy atom. The van der Waals surface area contributed by atoms with Crippen molar-refractivity contribution in [2.75, 3.05) is 18.5 Å². The Kier molecular flexibility index (Phi) is 3.61. The Labute approximate surface area is 112 Å². The molecule has 1 unspecified atom stereocenters. The summed E-state index contributed by atoms with van der Waals surface area (Å²) in [6.07, 6.45) is 0.421. The number of benzene rings is 1. The third-order valence-corrected chi connectivity index (χ3v) is 3.43. The second kappa shape index (κ2) is 5.02. The van der Waals surface area contributed by atoms with E-state index in [2.05, 4.69) is 17.9 Å². The van der Waals surface area contributed by atoms with Crippen LogP contribution in [-0.2, 0) is 4.79 Å². The van der Waals surface area contributed by atoms with Crippen LogP contribution >= 0.6 is 12.6 Å². The molecule has 0 aliphatic carbocycles. The van der Waals surface area contributed by atoms with Gasteiger partial charge in [-0.25, -0.2) is 0 Å². The van der Waals surface area contributed by atoms with Crippen molar-refractivity contribution in [2.45, 2.75) is 18.6 Å². The lowest BCUT2D eigenvalue weighted by Gasteiger charge is -2.21. The number of carbonyl (C=O) groups excluding carboxylic acids is 2. The summed E-state index contributed by atoms with van der Waals surface area (Å²) in [5, 5.41) is 2.64. The minimum atomic E-state index is -0.177. The van der Waals surface area contributed by atoms with Crippen molar-refractivity contribution in [3.8, 4) is 0 Å². The van der Waals surface area contributed by atoms with Crippen LogP contribution in [0.4, 0.5) is 5.69 Å². The zero-order chi connectivity index (χ0) is 13.3. The van der Waals surface area contributed by atoms with E-state index in [-0.39, 0.29) is 17.1 Å². The van der Waals surface area contributed by atoms with Crippen LogP contribution in [0.1, 0.15) is 22.3 Å². The highest BCUT2D eigenvalue weighted by molar-refractivity contribution is 7.81. The van der Waals surface area contributed by atoms with Crippen molar-refractivity contribution in [2.24, 2.45) is 0 Å². The molecular formula is C13H16N2O2S. The summed E-state index contributed by atoms with van der Waals surface area (Å²) in [7, 11) is 1.58. The molecule has 96 valence electrons. The number of nitrogens with one attached hydrogen (secondary N) is 1. The number of hydrogen-bond acceptors (Lipinski definition) is 3. The van der Waals surface area contributed by atoms with Gasteiger partial charge in [-0.3, -0.25) is 9.59 Å². The van der Waals surface area contributed by atoms with Crippen LogP contribution in [0, 0.1) is 6.92 Å². The van der Waals surface area contributed by atoms with Crippen LogP contribution in [0.2, 0.25) is 0 Å². The summed E-state index contributed by atoms with van der Waals surface area (Å²) in [4.78, 5) is 25.5. The lowest BCUT2D eigenvalue weighted by molar-refractivity contribution is -0.117. The first-order chi connectivity index (χ1) is 8.54. The van der Waals surface area contributed by atoms with Crippen LogP contribution in [0.25, 0.3) is 0 Å². The molecule has 0 saturated carbocycles. The molecule has 1 fully saturated rings. The second-order valence-corrected chi connectivity index (χ2v) is 5.14. The molecule has 0 radical (unpaired) electrons. The standard InChI is InChI=1S/C13H16N2O2S/c1-8-4-3-5-10(13(17)14-2)12(8)15-7-9(18)6-11(15)16/h3-5,9,18H,6-7H2,1-2H3,(H,14,17). The normalized spacial score (nSPS) is 19.2. The van der Waals surface area contributed by atoms with Gasteiger partial charge < -0.3 is 10.2 Å². The van der Waals surface area contributed by atoms with Gasteiger partial charge in [-0.1, -0.05) is 12.1 Å². The third-order valence-electron chi connectivity index (χ3n) is 3.08. The summed E-state index contributed by atoms with van der Waals surface area (Å²) < 4.78 is 0. The molecule has 2 rings (SSSR count). The van der Waals surface area contributed by atoms with E-state index in [1.54, 1.807) is 18.0 Å². The maximum Gasteiger partial charge on any atom is 0.253 e. The average molecular weight is 264 g/mol. The van der Waals surface area contributed by atoms with Crippen molar-refractivity contribution in [1.29, 1.82) is 0 Å². The van der Waals surface area contributed by atoms with Gasteiger partial charge in [0.05, 0.1) is 11.3 Å². The molecule has 1 saturated heterocycles. The molecule has 0 bridgehead atoms. The number of anilines is 1. The Morgan fingerprint density at radius 3 is 2.78 bits per heavy atom. The summed E-state index contributed by atoms with van der Waals surface area (Å²) in [5.41, 5.74) is 2.17. The highest BCUT2D eigenvalue weighted by Crippen LogP contribution is 2.30. The number of carbonyl (C=O) groups is 2. The van der Waals surface area contributed by atoms with Gasteiger partial charge in [0.2, 0.25) is 5.91 Å². The highest BCUT2D eigenvalue weighted by Gasteiger charge is 2.31. The van der Waals surface area contributed by atoms with Crippen molar-refractivity contribution >= 4 is 30.1 Å². The number of rotatable bonds is 2. The predicted octanol–water partition coefficient (Wildman–Crippen LogP) is 1.39. The molecule has 1 aliphatic rings. The summed E-state index contributed by atoms with van der Waals surface area (Å²) in [6, 6.07) is 5.46. The Morgan fingerprint density at radius 2 is 2.22 bits per heavy atom. The molecule has 1 atom stereocenters. The Hall–Kier alpha value is -1.49. The van der Waals surface area contributed by atoms with Crippen LogP contribution in [0.3, 0.4) is 0 Å². The summed E-state index contributed by atoms with van der Waals surface area (Å²) >= 11 is 4.34. The van der Waals surface area contributed by atoms with Gasteiger partial charge in [0, 0.05) is 25.3 Å². The second-order valence-electron chi connectivity index (χ2n) is 4.41. The molecule has 1 aromatic rings. The minimum Gasteiger partial charge on any atom is -0.355 e. The Balaban J connectivity index is 2.49. The summed E-state index contributed by atoms with van der Waals surface area (Å²) in [5.74, 6) is -0.154. The first-order valence-electron chi connectivity index (χ1n) is 5.84. The maximum atomic E-state index is 11.9. The third kappa shape index (κ3) is 2.22. The van der Waals surface area contributed by atoms with Crippen molar-refractivity contribution < 1.29 is 9.59 Å². The van der Waals surface area contributed by atoms with Gasteiger partial charge in [0.25, 0.3) is 5.91 Å². The lowest BCUT2D eigenvalue weighted by Crippen LogP contribution is -2.29. The number of aryl methyl sites for hydroxylation is 1. The molecule has 1 aliphatic heterocycles. The van der Waals surface area contributed by atoms with Gasteiger partial charge >= 0.3 is 0 Å². The van der Waals surface area contributed by atoms with E-state index >= 15 is 0 Å². The number of para-hydroxylation sites is 1. The van der Waals surface area contributed by atoms with E-state index < -0.39 is 0 Å². The van der Waals surface area contributed by atoms with Crippen LogP contribution in [-0.4, -0.2) is 30.7 Å². The van der Waals surface area contributed by atoms with Crippen molar-refractivity contribution in [1.82, 2.24) is 5.32 Å². The van der Waals surface area contributed by atoms with E-state index in [0.717, 1.165) is 5.56 Å². The van der Waals surface area contributed by atoms with E-state index in [0.29, 0.717) is 24.2 Å². The molecule has 1 aromatic carbocycles. The average Bonchev–Trinajstić information content (AvgIpc) is 2.67. The maximum absolute atomic E-state index is 11.9. The van der Waals surface area contributed by atoms with Gasteiger partial charge in [0.15, 0.2) is 0 Å². The molecule has 2 amide bonds. The number of thiol groups is 1. The topological polar surface area (TPSA) is 49.4 Å². The molecule has 0 spiro atoms. The molecule has 0 aromatic heterocycles. The largest absolute Gasteiger partial charge is 0.355 e. The fourth-order valence-corrected chi connectivity index (χ4v) is 2.56. The van der Waals surface area contributed by atoms with Gasteiger partial charge in [-0.2, -0.15) is 12.6 Å². The zero-order valence-corrected chi connectivity index (χ0v) is 11.3. The van der Waals surface area contributed by atoms with Crippen molar-refractivity contribution in [3.63, 3.8) is 0 Å². The fraction of sp³-hybridized carbons (Fsp3) is 0.385. The quantitative estimate of drug-likeness (QED) is 0.793. The van der Waals surface area contributed by atoms with Crippen molar-refractivity contribution in [3.05, 3.63) is 29.3 Å². The van der Waals surface area contributed by atoms with Crippen LogP contribution in [0.5, 0.6) is 0 Å². The first kappa shape index (κ1) is 13.0. The highest BCUT2D eigenvalue weighted by atomic mass is 32.1. The predicted molar refractivity (Wildman–Crippen MR) is 74.3 cm³/mol. The number of amides is 2. The van der Waals surface area contributed by atoms with E-state index in [4.69, 9.17) is 0 Å². The molecule has 5 heteroatoms. The molecule has 4 nitrogen and oxygen atoms in total. The summed E-state index contributed by atoms with van der Waals surface area (Å²) in [6.45, 7) is 2.46. The van der Waals surface area contributed by atoms with E-state index in [1.807, 2.05) is 19.1 Å². The monoisotopic (exact) mass is 264 g/mol. The number of nitrogens with zero attached hydrogens (tertiary/aromatic N) is 1. The minimum absolute atomic E-state index is 0.0226. The van der Waals surface area contributed by atoms with Gasteiger partial charge in [0.1, 0.15) is 0 Å². The Bertz CT molecular complexity index is 502. The van der Waals surface area contributed by atoms with E-state index in [1.165, 1.54) is 0 Å². The lowest BCUT2D eigenvalue weighted by atomic mass is 10.1. The smallest absolute Gasteiger partial charge is 0.253 e. The van der Waals surface area contributed by atoms with Crippen LogP contribution in [0.15, 0.2) is 18.2 Å². The molecule has 1 N–H and O–H groups in total. The molecular weight excluding hydrogens is 248 g/mol. The van der Waals surface area contributed by atoms with Crippen LogP contribution < -0.4 is 10.2 Å². The molecule has 1 heterocycles. The van der Waals surface area contributed by atoms with Gasteiger partial charge in [-0.15, -0.1) is 0 Å². The molecule has 18 heavy (non-hydrogen) atoms. The van der Waals surface area contributed by atoms with Gasteiger partial charge in [-0.05, 0) is 18.6 Å². The van der Waals surface area contributed by atoms with E-state index in [9.17, 15) is 9.59 Å². The fourth-order valence-electron chi connectivity index (χ4n) is 2.24.